The van der Waals surface area contributed by atoms with Crippen LogP contribution >= 0.6 is 11.6 Å². The van der Waals surface area contributed by atoms with Crippen molar-refractivity contribution >= 4 is 17.4 Å². The minimum atomic E-state index is 0.0522. The Hall–Kier alpha value is -0.800. The van der Waals surface area contributed by atoms with E-state index in [9.17, 15) is 0 Å². The van der Waals surface area contributed by atoms with Gasteiger partial charge in [-0.15, -0.1) is 11.6 Å². The summed E-state index contributed by atoms with van der Waals surface area (Å²) in [7, 11) is 1.66. The molecule has 0 spiro atoms. The van der Waals surface area contributed by atoms with Crippen LogP contribution in [0.4, 0.5) is 5.82 Å². The molecule has 0 aliphatic heterocycles. The van der Waals surface area contributed by atoms with Gasteiger partial charge in [-0.3, -0.25) is 0 Å². The Morgan fingerprint density at radius 1 is 1.39 bits per heavy atom. The number of hydrogen-bond donors (Lipinski definition) is 1. The lowest BCUT2D eigenvalue weighted by Gasteiger charge is -2.18. The van der Waals surface area contributed by atoms with Crippen molar-refractivity contribution in [2.75, 3.05) is 25.6 Å². The van der Waals surface area contributed by atoms with Crippen molar-refractivity contribution in [3.63, 3.8) is 0 Å². The minimum Gasteiger partial charge on any atom is -0.383 e. The van der Waals surface area contributed by atoms with E-state index < -0.39 is 0 Å². The molecular formula is C14H23ClN2O. The van der Waals surface area contributed by atoms with E-state index in [2.05, 4.69) is 37.1 Å². The lowest BCUT2D eigenvalue weighted by Crippen LogP contribution is -2.15. The number of pyridine rings is 1. The quantitative estimate of drug-likeness (QED) is 0.804. The summed E-state index contributed by atoms with van der Waals surface area (Å²) in [6.07, 6.45) is 2.79. The van der Waals surface area contributed by atoms with Gasteiger partial charge in [0, 0.05) is 19.9 Å². The van der Waals surface area contributed by atoms with Crippen LogP contribution in [0.2, 0.25) is 0 Å². The molecule has 0 saturated heterocycles. The van der Waals surface area contributed by atoms with Gasteiger partial charge in [0.05, 0.1) is 12.0 Å². The molecule has 1 unspecified atom stereocenters. The molecule has 1 aromatic rings. The molecule has 0 amide bonds. The third kappa shape index (κ3) is 5.23. The highest BCUT2D eigenvalue weighted by Gasteiger charge is 2.13. The molecule has 102 valence electrons. The van der Waals surface area contributed by atoms with Crippen LogP contribution in [-0.4, -0.2) is 30.6 Å². The van der Waals surface area contributed by atoms with Crippen molar-refractivity contribution in [1.29, 1.82) is 0 Å². The second-order valence-corrected chi connectivity index (χ2v) is 6.07. The van der Waals surface area contributed by atoms with Crippen LogP contribution in [0.25, 0.3) is 0 Å². The Labute approximate surface area is 115 Å². The maximum Gasteiger partial charge on any atom is 0.125 e. The monoisotopic (exact) mass is 270 g/mol. The maximum atomic E-state index is 6.05. The van der Waals surface area contributed by atoms with Gasteiger partial charge in [0.2, 0.25) is 0 Å². The van der Waals surface area contributed by atoms with Gasteiger partial charge in [-0.05, 0) is 23.5 Å². The van der Waals surface area contributed by atoms with E-state index in [0.717, 1.165) is 18.8 Å². The third-order valence-electron chi connectivity index (χ3n) is 2.74. The number of aromatic nitrogens is 1. The molecule has 1 aromatic heterocycles. The molecule has 1 atom stereocenters. The first-order chi connectivity index (χ1) is 8.43. The van der Waals surface area contributed by atoms with Crippen molar-refractivity contribution in [3.05, 3.63) is 23.9 Å². The fourth-order valence-electron chi connectivity index (χ4n) is 1.56. The van der Waals surface area contributed by atoms with E-state index in [1.807, 2.05) is 12.3 Å². The lowest BCUT2D eigenvalue weighted by atomic mass is 9.88. The Morgan fingerprint density at radius 2 is 2.11 bits per heavy atom. The van der Waals surface area contributed by atoms with Gasteiger partial charge in [0.15, 0.2) is 0 Å². The molecule has 0 bridgehead atoms. The number of rotatable bonds is 6. The van der Waals surface area contributed by atoms with Gasteiger partial charge in [-0.1, -0.05) is 26.8 Å². The molecule has 1 rings (SSSR count). The predicted molar refractivity (Wildman–Crippen MR) is 77.6 cm³/mol. The average molecular weight is 271 g/mol. The molecular weight excluding hydrogens is 248 g/mol. The van der Waals surface area contributed by atoms with Crippen molar-refractivity contribution in [1.82, 2.24) is 4.98 Å². The zero-order valence-electron chi connectivity index (χ0n) is 11.7. The first-order valence-electron chi connectivity index (χ1n) is 6.27. The number of methoxy groups -OCH3 is 1. The highest BCUT2D eigenvalue weighted by atomic mass is 35.5. The van der Waals surface area contributed by atoms with E-state index in [1.165, 1.54) is 5.56 Å². The number of halogens is 1. The Bertz CT molecular complexity index is 346. The van der Waals surface area contributed by atoms with E-state index in [-0.39, 0.29) is 10.8 Å². The molecule has 0 fully saturated rings. The van der Waals surface area contributed by atoms with Gasteiger partial charge < -0.3 is 10.1 Å². The fourth-order valence-corrected chi connectivity index (χ4v) is 1.80. The molecule has 0 saturated carbocycles. The number of hydrogen-bond acceptors (Lipinski definition) is 3. The molecule has 0 aliphatic rings. The second-order valence-electron chi connectivity index (χ2n) is 5.45. The summed E-state index contributed by atoms with van der Waals surface area (Å²) in [4.78, 5) is 4.40. The van der Waals surface area contributed by atoms with Crippen molar-refractivity contribution in [3.8, 4) is 0 Å². The van der Waals surface area contributed by atoms with Crippen LogP contribution < -0.4 is 5.32 Å². The molecule has 0 radical (unpaired) electrons. The zero-order chi connectivity index (χ0) is 13.6. The van der Waals surface area contributed by atoms with E-state index in [1.54, 1.807) is 7.11 Å². The first kappa shape index (κ1) is 15.3. The van der Waals surface area contributed by atoms with E-state index in [0.29, 0.717) is 6.61 Å². The van der Waals surface area contributed by atoms with Crippen molar-refractivity contribution < 1.29 is 4.74 Å². The topological polar surface area (TPSA) is 34.1 Å². The Balaban J connectivity index is 2.40. The average Bonchev–Trinajstić information content (AvgIpc) is 2.29. The fraction of sp³-hybridized carbons (Fsp3) is 0.643. The summed E-state index contributed by atoms with van der Waals surface area (Å²) in [6, 6.07) is 4.13. The maximum absolute atomic E-state index is 6.05. The predicted octanol–water partition coefficient (Wildman–Crippen LogP) is 3.43. The highest BCUT2D eigenvalue weighted by Crippen LogP contribution is 2.21. The smallest absolute Gasteiger partial charge is 0.125 e. The number of nitrogens with one attached hydrogen (secondary N) is 1. The number of anilines is 1. The first-order valence-corrected chi connectivity index (χ1v) is 6.70. The van der Waals surface area contributed by atoms with E-state index in [4.69, 9.17) is 16.3 Å². The van der Waals surface area contributed by atoms with Gasteiger partial charge >= 0.3 is 0 Å². The molecule has 3 nitrogen and oxygen atoms in total. The van der Waals surface area contributed by atoms with Gasteiger partial charge in [0.1, 0.15) is 5.82 Å². The molecule has 4 heteroatoms. The largest absolute Gasteiger partial charge is 0.383 e. The summed E-state index contributed by atoms with van der Waals surface area (Å²) < 4.78 is 4.98. The van der Waals surface area contributed by atoms with E-state index >= 15 is 0 Å². The SMILES string of the molecule is COCC(Cl)CCNc1ccc(C(C)(C)C)cn1. The molecule has 18 heavy (non-hydrogen) atoms. The van der Waals surface area contributed by atoms with Gasteiger partial charge in [-0.2, -0.15) is 0 Å². The summed E-state index contributed by atoms with van der Waals surface area (Å²) >= 11 is 6.05. The summed E-state index contributed by atoms with van der Waals surface area (Å²) in [5, 5.41) is 3.31. The second kappa shape index (κ2) is 6.95. The minimum absolute atomic E-state index is 0.0522. The standard InChI is InChI=1S/C14H23ClN2O/c1-14(2,3)11-5-6-13(17-9-11)16-8-7-12(15)10-18-4/h5-6,9,12H,7-8,10H2,1-4H3,(H,16,17). The lowest BCUT2D eigenvalue weighted by molar-refractivity contribution is 0.196. The Kier molecular flexibility index (Phi) is 5.89. The molecule has 0 aromatic carbocycles. The summed E-state index contributed by atoms with van der Waals surface area (Å²) in [6.45, 7) is 7.93. The van der Waals surface area contributed by atoms with Crippen LogP contribution in [0.3, 0.4) is 0 Å². The summed E-state index contributed by atoms with van der Waals surface area (Å²) in [5.41, 5.74) is 1.38. The normalized spacial score (nSPS) is 13.4. The van der Waals surface area contributed by atoms with Crippen LogP contribution in [0.15, 0.2) is 18.3 Å². The number of nitrogens with zero attached hydrogens (tertiary/aromatic N) is 1. The highest BCUT2D eigenvalue weighted by molar-refractivity contribution is 6.20. The van der Waals surface area contributed by atoms with Crippen LogP contribution in [0.1, 0.15) is 32.8 Å². The van der Waals surface area contributed by atoms with Crippen LogP contribution in [0.5, 0.6) is 0 Å². The number of ether oxygens (including phenoxy) is 1. The summed E-state index contributed by atoms with van der Waals surface area (Å²) in [5.74, 6) is 0.893. The van der Waals surface area contributed by atoms with Crippen molar-refractivity contribution in [2.45, 2.75) is 38.0 Å². The Morgan fingerprint density at radius 3 is 2.61 bits per heavy atom. The zero-order valence-corrected chi connectivity index (χ0v) is 12.4. The van der Waals surface area contributed by atoms with Gasteiger partial charge in [-0.25, -0.2) is 4.98 Å². The number of alkyl halides is 1. The molecule has 1 heterocycles. The van der Waals surface area contributed by atoms with Crippen LogP contribution in [-0.2, 0) is 10.2 Å². The van der Waals surface area contributed by atoms with Crippen LogP contribution in [0, 0.1) is 0 Å². The van der Waals surface area contributed by atoms with Gasteiger partial charge in [0.25, 0.3) is 0 Å². The van der Waals surface area contributed by atoms with Crippen molar-refractivity contribution in [2.24, 2.45) is 0 Å². The molecule has 1 N–H and O–H groups in total. The molecule has 0 aliphatic carbocycles. The third-order valence-corrected chi connectivity index (χ3v) is 3.08.